The van der Waals surface area contributed by atoms with Gasteiger partial charge in [-0.1, -0.05) is 12.7 Å². The Kier molecular flexibility index (Phi) is 3.44. The highest BCUT2D eigenvalue weighted by Gasteiger charge is 1.96. The summed E-state index contributed by atoms with van der Waals surface area (Å²) in [5.41, 5.74) is 0.494. The predicted octanol–water partition coefficient (Wildman–Crippen LogP) is 1.03. The molecule has 0 aliphatic rings. The molecule has 0 aromatic rings. The minimum atomic E-state index is -0.171. The molecule has 0 atom stereocenters. The van der Waals surface area contributed by atoms with E-state index >= 15 is 0 Å². The largest absolute Gasteiger partial charge is 0.344 e. The number of hydrogen-bond acceptors (Lipinski definition) is 1. The van der Waals surface area contributed by atoms with E-state index in [0.717, 1.165) is 0 Å². The Balaban J connectivity index is 3.51. The first-order valence-corrected chi connectivity index (χ1v) is 2.59. The fraction of sp³-hybridized carbons (Fsp3) is 0.143. The molecular weight excluding hydrogens is 114 g/mol. The summed E-state index contributed by atoms with van der Waals surface area (Å²) in [6.45, 7) is 9.95. The Morgan fingerprint density at radius 3 is 2.56 bits per heavy atom. The maximum Gasteiger partial charge on any atom is 0.246 e. The van der Waals surface area contributed by atoms with Crippen LogP contribution in [0.2, 0.25) is 0 Å². The molecule has 1 amide bonds. The summed E-state index contributed by atoms with van der Waals surface area (Å²) < 4.78 is 0. The maximum absolute atomic E-state index is 10.6. The van der Waals surface area contributed by atoms with Crippen LogP contribution in [0.3, 0.4) is 0 Å². The second-order valence-electron chi connectivity index (χ2n) is 1.66. The normalized spacial score (nSPS) is 8.11. The lowest BCUT2D eigenvalue weighted by atomic mass is 10.3. The van der Waals surface area contributed by atoms with Crippen molar-refractivity contribution in [2.45, 2.75) is 6.92 Å². The van der Waals surface area contributed by atoms with Gasteiger partial charge < -0.3 is 5.32 Å². The zero-order valence-corrected chi connectivity index (χ0v) is 5.48. The molecule has 0 unspecified atom stereocenters. The van der Waals surface area contributed by atoms with Crippen molar-refractivity contribution in [3.8, 4) is 0 Å². The smallest absolute Gasteiger partial charge is 0.246 e. The van der Waals surface area contributed by atoms with Crippen LogP contribution in [0, 0.1) is 6.54 Å². The molecule has 0 saturated carbocycles. The van der Waals surface area contributed by atoms with Crippen molar-refractivity contribution in [1.29, 1.82) is 0 Å². The quantitative estimate of drug-likeness (QED) is 0.559. The molecule has 2 heteroatoms. The third-order valence-corrected chi connectivity index (χ3v) is 0.720. The Bertz CT molecular complexity index is 138. The molecule has 0 bridgehead atoms. The van der Waals surface area contributed by atoms with E-state index in [1.165, 1.54) is 12.6 Å². The average molecular weight is 124 g/mol. The van der Waals surface area contributed by atoms with Crippen LogP contribution in [0.4, 0.5) is 0 Å². The summed E-state index contributed by atoms with van der Waals surface area (Å²) in [6, 6.07) is 0. The first kappa shape index (κ1) is 7.95. The van der Waals surface area contributed by atoms with E-state index in [1.807, 2.05) is 0 Å². The van der Waals surface area contributed by atoms with E-state index in [9.17, 15) is 4.79 Å². The van der Waals surface area contributed by atoms with Crippen molar-refractivity contribution < 1.29 is 4.79 Å². The standard InChI is InChI=1S/C7H10NO/c1-4-5-8-7(9)6(2)3/h4-5H,1-2H2,3H3,(H,8,9). The molecule has 0 heterocycles. The molecule has 0 rings (SSSR count). The van der Waals surface area contributed by atoms with Crippen molar-refractivity contribution in [2.75, 3.05) is 0 Å². The Morgan fingerprint density at radius 1 is 1.67 bits per heavy atom. The molecule has 1 radical (unpaired) electrons. The van der Waals surface area contributed by atoms with Crippen LogP contribution in [-0.2, 0) is 4.79 Å². The summed E-state index contributed by atoms with van der Waals surface area (Å²) in [5, 5.41) is 2.45. The Hall–Kier alpha value is -1.05. The van der Waals surface area contributed by atoms with E-state index < -0.39 is 0 Å². The fourth-order valence-electron chi connectivity index (χ4n) is 0.258. The topological polar surface area (TPSA) is 29.1 Å². The van der Waals surface area contributed by atoms with Gasteiger partial charge in [0.1, 0.15) is 0 Å². The summed E-state index contributed by atoms with van der Waals surface area (Å²) in [4.78, 5) is 10.6. The summed E-state index contributed by atoms with van der Waals surface area (Å²) in [5.74, 6) is -0.171. The van der Waals surface area contributed by atoms with E-state index in [2.05, 4.69) is 18.5 Å². The van der Waals surface area contributed by atoms with Gasteiger partial charge in [-0.25, -0.2) is 0 Å². The number of nitrogens with one attached hydrogen (secondary N) is 1. The molecule has 0 saturated heterocycles. The number of hydrogen-bond donors (Lipinski definition) is 1. The van der Waals surface area contributed by atoms with Gasteiger partial charge in [0.05, 0.1) is 6.54 Å². The molecule has 0 spiro atoms. The SMILES string of the molecule is C=C[CH]NC(=O)C(=C)C. The van der Waals surface area contributed by atoms with Gasteiger partial charge >= 0.3 is 0 Å². The lowest BCUT2D eigenvalue weighted by Crippen LogP contribution is -2.19. The van der Waals surface area contributed by atoms with Gasteiger partial charge in [0.25, 0.3) is 0 Å². The predicted molar refractivity (Wildman–Crippen MR) is 37.5 cm³/mol. The van der Waals surface area contributed by atoms with Gasteiger partial charge in [0, 0.05) is 5.57 Å². The zero-order chi connectivity index (χ0) is 7.28. The summed E-state index contributed by atoms with van der Waals surface area (Å²) in [7, 11) is 0. The van der Waals surface area contributed by atoms with Crippen molar-refractivity contribution in [2.24, 2.45) is 0 Å². The van der Waals surface area contributed by atoms with E-state index in [4.69, 9.17) is 0 Å². The monoisotopic (exact) mass is 124 g/mol. The molecule has 0 aromatic carbocycles. The van der Waals surface area contributed by atoms with Crippen LogP contribution >= 0.6 is 0 Å². The second-order valence-corrected chi connectivity index (χ2v) is 1.66. The van der Waals surface area contributed by atoms with Crippen LogP contribution in [0.5, 0.6) is 0 Å². The number of carbonyl (C=O) groups is 1. The molecular formula is C7H10NO. The van der Waals surface area contributed by atoms with Gasteiger partial charge in [-0.15, -0.1) is 6.58 Å². The van der Waals surface area contributed by atoms with Gasteiger partial charge in [-0.3, -0.25) is 4.79 Å². The minimum absolute atomic E-state index is 0.171. The molecule has 2 nitrogen and oxygen atoms in total. The Morgan fingerprint density at radius 2 is 2.22 bits per heavy atom. The van der Waals surface area contributed by atoms with Crippen molar-refractivity contribution in [3.63, 3.8) is 0 Å². The first-order chi connectivity index (χ1) is 4.18. The molecule has 0 fully saturated rings. The first-order valence-electron chi connectivity index (χ1n) is 2.59. The molecule has 0 aliphatic heterocycles. The highest BCUT2D eigenvalue weighted by atomic mass is 16.1. The van der Waals surface area contributed by atoms with E-state index in [0.29, 0.717) is 5.57 Å². The van der Waals surface area contributed by atoms with Gasteiger partial charge in [0.15, 0.2) is 0 Å². The average Bonchev–Trinajstić information content (AvgIpc) is 1.82. The van der Waals surface area contributed by atoms with Crippen LogP contribution in [0.1, 0.15) is 6.92 Å². The van der Waals surface area contributed by atoms with Crippen LogP contribution in [0.25, 0.3) is 0 Å². The van der Waals surface area contributed by atoms with Gasteiger partial charge in [0.2, 0.25) is 5.91 Å². The van der Waals surface area contributed by atoms with Crippen molar-refractivity contribution >= 4 is 5.91 Å². The third-order valence-electron chi connectivity index (χ3n) is 0.720. The molecule has 0 aliphatic carbocycles. The fourth-order valence-corrected chi connectivity index (χ4v) is 0.258. The minimum Gasteiger partial charge on any atom is -0.344 e. The van der Waals surface area contributed by atoms with Gasteiger partial charge in [-0.05, 0) is 6.92 Å². The lowest BCUT2D eigenvalue weighted by Gasteiger charge is -1.97. The third kappa shape index (κ3) is 3.53. The second kappa shape index (κ2) is 3.89. The molecule has 49 valence electrons. The van der Waals surface area contributed by atoms with Crippen molar-refractivity contribution in [1.82, 2.24) is 5.32 Å². The zero-order valence-electron chi connectivity index (χ0n) is 5.48. The lowest BCUT2D eigenvalue weighted by molar-refractivity contribution is -0.116. The van der Waals surface area contributed by atoms with Gasteiger partial charge in [-0.2, -0.15) is 0 Å². The number of amides is 1. The maximum atomic E-state index is 10.6. The molecule has 0 aromatic heterocycles. The van der Waals surface area contributed by atoms with E-state index in [-0.39, 0.29) is 5.91 Å². The van der Waals surface area contributed by atoms with Crippen LogP contribution in [-0.4, -0.2) is 5.91 Å². The van der Waals surface area contributed by atoms with Crippen molar-refractivity contribution in [3.05, 3.63) is 31.4 Å². The highest BCUT2D eigenvalue weighted by molar-refractivity contribution is 5.92. The Labute approximate surface area is 55.3 Å². The summed E-state index contributed by atoms with van der Waals surface area (Å²) >= 11 is 0. The molecule has 9 heavy (non-hydrogen) atoms. The number of carbonyl (C=O) groups excluding carboxylic acids is 1. The number of rotatable bonds is 3. The van der Waals surface area contributed by atoms with E-state index in [1.54, 1.807) is 6.92 Å². The summed E-state index contributed by atoms with van der Waals surface area (Å²) in [6.07, 6.45) is 1.50. The highest BCUT2D eigenvalue weighted by Crippen LogP contribution is 1.85. The van der Waals surface area contributed by atoms with Crippen LogP contribution in [0.15, 0.2) is 24.8 Å². The molecule has 1 N–H and O–H groups in total. The van der Waals surface area contributed by atoms with Crippen LogP contribution < -0.4 is 5.32 Å².